The van der Waals surface area contributed by atoms with Gasteiger partial charge in [0.15, 0.2) is 0 Å². The first kappa shape index (κ1) is 14.0. The van der Waals surface area contributed by atoms with Gasteiger partial charge in [-0.1, -0.05) is 24.3 Å². The Morgan fingerprint density at radius 2 is 1.90 bits per heavy atom. The van der Waals surface area contributed by atoms with E-state index in [1.54, 1.807) is 0 Å². The van der Waals surface area contributed by atoms with Crippen molar-refractivity contribution in [2.24, 2.45) is 0 Å². The molecule has 1 heterocycles. The Morgan fingerprint density at radius 1 is 1.10 bits per heavy atom. The molecule has 0 saturated heterocycles. The van der Waals surface area contributed by atoms with Gasteiger partial charge in [0.1, 0.15) is 11.4 Å². The first-order chi connectivity index (χ1) is 9.93. The van der Waals surface area contributed by atoms with E-state index in [0.29, 0.717) is 0 Å². The Balaban J connectivity index is 1.74. The lowest BCUT2D eigenvalue weighted by Crippen LogP contribution is -2.24. The summed E-state index contributed by atoms with van der Waals surface area (Å²) in [7, 11) is 0. The highest BCUT2D eigenvalue weighted by molar-refractivity contribution is 5.53. The fourth-order valence-corrected chi connectivity index (χ4v) is 2.90. The van der Waals surface area contributed by atoms with Gasteiger partial charge < -0.3 is 10.1 Å². The summed E-state index contributed by atoms with van der Waals surface area (Å²) in [6.45, 7) is 9.39. The van der Waals surface area contributed by atoms with Crippen LogP contribution in [0.5, 0.6) is 5.75 Å². The Kier molecular flexibility index (Phi) is 3.40. The number of hydrogen-bond acceptors (Lipinski definition) is 2. The van der Waals surface area contributed by atoms with Gasteiger partial charge in [-0.25, -0.2) is 0 Å². The molecule has 0 saturated carbocycles. The molecule has 2 aromatic rings. The van der Waals surface area contributed by atoms with Crippen molar-refractivity contribution in [3.05, 3.63) is 58.7 Å². The van der Waals surface area contributed by atoms with E-state index in [2.05, 4.69) is 69.4 Å². The summed E-state index contributed by atoms with van der Waals surface area (Å²) < 4.78 is 5.93. The number of ether oxygens (including phenoxy) is 1. The summed E-state index contributed by atoms with van der Waals surface area (Å²) in [6, 6.07) is 13.0. The van der Waals surface area contributed by atoms with Gasteiger partial charge in [0.25, 0.3) is 0 Å². The summed E-state index contributed by atoms with van der Waals surface area (Å²) in [6.07, 6.45) is 0.986. The highest BCUT2D eigenvalue weighted by atomic mass is 16.5. The molecular weight excluding hydrogens is 258 g/mol. The van der Waals surface area contributed by atoms with Crippen LogP contribution in [0, 0.1) is 13.8 Å². The average molecular weight is 281 g/mol. The van der Waals surface area contributed by atoms with Crippen LogP contribution in [-0.2, 0) is 13.0 Å². The first-order valence-corrected chi connectivity index (χ1v) is 7.55. The summed E-state index contributed by atoms with van der Waals surface area (Å²) >= 11 is 0. The van der Waals surface area contributed by atoms with E-state index in [0.717, 1.165) is 18.7 Å². The monoisotopic (exact) mass is 281 g/mol. The van der Waals surface area contributed by atoms with Gasteiger partial charge in [-0.3, -0.25) is 0 Å². The van der Waals surface area contributed by atoms with Crippen LogP contribution >= 0.6 is 0 Å². The van der Waals surface area contributed by atoms with Gasteiger partial charge in [-0.2, -0.15) is 0 Å². The molecule has 3 rings (SSSR count). The molecule has 0 aliphatic carbocycles. The normalized spacial score (nSPS) is 15.4. The molecule has 0 bridgehead atoms. The van der Waals surface area contributed by atoms with Crippen molar-refractivity contribution in [1.82, 2.24) is 0 Å². The molecule has 1 aliphatic rings. The standard InChI is InChI=1S/C19H23NO/c1-13-5-6-14(2)17(9-13)20-12-15-7-8-18-16(10-15)11-19(3,4)21-18/h5-10,20H,11-12H2,1-4H3. The lowest BCUT2D eigenvalue weighted by atomic mass is 10.00. The minimum Gasteiger partial charge on any atom is -0.487 e. The van der Waals surface area contributed by atoms with E-state index in [1.165, 1.54) is 27.9 Å². The number of anilines is 1. The van der Waals surface area contributed by atoms with Crippen molar-refractivity contribution in [3.63, 3.8) is 0 Å². The third kappa shape index (κ3) is 3.05. The molecular formula is C19H23NO. The second-order valence-corrected chi connectivity index (χ2v) is 6.65. The van der Waals surface area contributed by atoms with Crippen molar-refractivity contribution >= 4 is 5.69 Å². The Hall–Kier alpha value is -1.96. The maximum Gasteiger partial charge on any atom is 0.123 e. The minimum atomic E-state index is -0.0679. The highest BCUT2D eigenvalue weighted by Crippen LogP contribution is 2.35. The highest BCUT2D eigenvalue weighted by Gasteiger charge is 2.29. The molecule has 2 heteroatoms. The zero-order chi connectivity index (χ0) is 15.0. The average Bonchev–Trinajstić information content (AvgIpc) is 2.72. The van der Waals surface area contributed by atoms with Crippen molar-refractivity contribution in [1.29, 1.82) is 0 Å². The van der Waals surface area contributed by atoms with Crippen LogP contribution < -0.4 is 10.1 Å². The van der Waals surface area contributed by atoms with Crippen LogP contribution in [0.4, 0.5) is 5.69 Å². The molecule has 0 aromatic heterocycles. The Labute approximate surface area is 127 Å². The zero-order valence-electron chi connectivity index (χ0n) is 13.3. The second-order valence-electron chi connectivity index (χ2n) is 6.65. The molecule has 0 spiro atoms. The third-order valence-electron chi connectivity index (χ3n) is 4.00. The van der Waals surface area contributed by atoms with Gasteiger partial charge >= 0.3 is 0 Å². The molecule has 0 atom stereocenters. The molecule has 0 unspecified atom stereocenters. The van der Waals surface area contributed by atoms with E-state index >= 15 is 0 Å². The maximum absolute atomic E-state index is 5.93. The summed E-state index contributed by atoms with van der Waals surface area (Å²) in [5.74, 6) is 1.04. The fraction of sp³-hybridized carbons (Fsp3) is 0.368. The quantitative estimate of drug-likeness (QED) is 0.885. The molecule has 2 nitrogen and oxygen atoms in total. The molecule has 21 heavy (non-hydrogen) atoms. The Bertz CT molecular complexity index is 673. The van der Waals surface area contributed by atoms with E-state index in [-0.39, 0.29) is 5.60 Å². The van der Waals surface area contributed by atoms with E-state index in [1.807, 2.05) is 0 Å². The van der Waals surface area contributed by atoms with Gasteiger partial charge in [-0.05, 0) is 62.1 Å². The first-order valence-electron chi connectivity index (χ1n) is 7.55. The van der Waals surface area contributed by atoms with E-state index < -0.39 is 0 Å². The molecule has 2 aromatic carbocycles. The van der Waals surface area contributed by atoms with E-state index in [4.69, 9.17) is 4.74 Å². The number of fused-ring (bicyclic) bond motifs is 1. The van der Waals surface area contributed by atoms with Crippen LogP contribution in [0.2, 0.25) is 0 Å². The van der Waals surface area contributed by atoms with E-state index in [9.17, 15) is 0 Å². The van der Waals surface area contributed by atoms with Crippen LogP contribution in [0.3, 0.4) is 0 Å². The van der Waals surface area contributed by atoms with Crippen LogP contribution in [0.25, 0.3) is 0 Å². The summed E-state index contributed by atoms with van der Waals surface area (Å²) in [4.78, 5) is 0. The van der Waals surface area contributed by atoms with Crippen LogP contribution in [0.1, 0.15) is 36.1 Å². The molecule has 0 radical (unpaired) electrons. The molecule has 1 aliphatic heterocycles. The number of hydrogen-bond donors (Lipinski definition) is 1. The lowest BCUT2D eigenvalue weighted by molar-refractivity contribution is 0.138. The molecule has 1 N–H and O–H groups in total. The predicted octanol–water partition coefficient (Wildman–Crippen LogP) is 4.63. The predicted molar refractivity (Wildman–Crippen MR) is 88.1 cm³/mol. The number of nitrogens with one attached hydrogen (secondary N) is 1. The molecule has 110 valence electrons. The maximum atomic E-state index is 5.93. The largest absolute Gasteiger partial charge is 0.487 e. The van der Waals surface area contributed by atoms with Gasteiger partial charge in [-0.15, -0.1) is 0 Å². The van der Waals surface area contributed by atoms with Gasteiger partial charge in [0, 0.05) is 18.7 Å². The zero-order valence-corrected chi connectivity index (χ0v) is 13.3. The summed E-state index contributed by atoms with van der Waals surface area (Å²) in [5.41, 5.74) is 6.34. The van der Waals surface area contributed by atoms with Crippen molar-refractivity contribution in [2.45, 2.75) is 46.3 Å². The summed E-state index contributed by atoms with van der Waals surface area (Å²) in [5, 5.41) is 3.54. The molecule has 0 fully saturated rings. The van der Waals surface area contributed by atoms with Crippen LogP contribution in [0.15, 0.2) is 36.4 Å². The Morgan fingerprint density at radius 3 is 2.71 bits per heavy atom. The number of benzene rings is 2. The van der Waals surface area contributed by atoms with Crippen molar-refractivity contribution in [2.75, 3.05) is 5.32 Å². The van der Waals surface area contributed by atoms with Crippen molar-refractivity contribution in [3.8, 4) is 5.75 Å². The van der Waals surface area contributed by atoms with Crippen molar-refractivity contribution < 1.29 is 4.74 Å². The topological polar surface area (TPSA) is 21.3 Å². The lowest BCUT2D eigenvalue weighted by Gasteiger charge is -2.16. The smallest absolute Gasteiger partial charge is 0.123 e. The third-order valence-corrected chi connectivity index (χ3v) is 4.00. The fourth-order valence-electron chi connectivity index (χ4n) is 2.90. The van der Waals surface area contributed by atoms with Gasteiger partial charge in [0.2, 0.25) is 0 Å². The number of aryl methyl sites for hydroxylation is 2. The molecule has 0 amide bonds. The minimum absolute atomic E-state index is 0.0679. The van der Waals surface area contributed by atoms with Crippen LogP contribution in [-0.4, -0.2) is 5.60 Å². The van der Waals surface area contributed by atoms with Gasteiger partial charge in [0.05, 0.1) is 0 Å². The number of rotatable bonds is 3. The SMILES string of the molecule is Cc1ccc(C)c(NCc2ccc3c(c2)CC(C)(C)O3)c1. The second kappa shape index (κ2) is 5.10.